The first kappa shape index (κ1) is 22.6. The third-order valence-electron chi connectivity index (χ3n) is 6.16. The first-order chi connectivity index (χ1) is 15.3. The number of amides is 1. The van der Waals surface area contributed by atoms with E-state index in [1.807, 2.05) is 36.9 Å². The third kappa shape index (κ3) is 4.34. The maximum atomic E-state index is 13.4. The summed E-state index contributed by atoms with van der Waals surface area (Å²) >= 11 is 0. The number of carbonyl (C=O) groups is 1. The Balaban J connectivity index is 1.60. The molecule has 0 spiro atoms. The highest BCUT2D eigenvalue weighted by molar-refractivity contribution is 7.89. The van der Waals surface area contributed by atoms with E-state index < -0.39 is 10.0 Å². The number of nitrogens with zero attached hydrogens (tertiary/aromatic N) is 2. The molecule has 2 aromatic carbocycles. The minimum Gasteiger partial charge on any atom is -0.490 e. The number of ether oxygens (including phenoxy) is 2. The number of hydrogen-bond donors (Lipinski definition) is 0. The highest BCUT2D eigenvalue weighted by atomic mass is 32.2. The van der Waals surface area contributed by atoms with E-state index in [2.05, 4.69) is 0 Å². The van der Waals surface area contributed by atoms with Crippen LogP contribution in [0.5, 0.6) is 11.5 Å². The number of hydrogen-bond acceptors (Lipinski definition) is 5. The fourth-order valence-corrected chi connectivity index (χ4v) is 5.56. The zero-order valence-electron chi connectivity index (χ0n) is 18.8. The molecule has 0 radical (unpaired) electrons. The smallest absolute Gasteiger partial charge is 0.254 e. The van der Waals surface area contributed by atoms with Crippen molar-refractivity contribution in [1.82, 2.24) is 9.21 Å². The minimum atomic E-state index is -3.67. The predicted octanol–water partition coefficient (Wildman–Crippen LogP) is 3.85. The molecule has 4 rings (SSSR count). The van der Waals surface area contributed by atoms with Crippen LogP contribution in [0.4, 0.5) is 0 Å². The van der Waals surface area contributed by atoms with Gasteiger partial charge in [0.05, 0.1) is 24.2 Å². The second-order valence-electron chi connectivity index (χ2n) is 8.56. The van der Waals surface area contributed by atoms with E-state index in [0.29, 0.717) is 31.1 Å². The SMILES string of the molecule is CC(C)N(C)S(=O)(=O)c1cccc(C(=O)N2CCC[C@@H]2c2ccc3c(c2)OCCCO3)c1. The second-order valence-corrected chi connectivity index (χ2v) is 10.6. The van der Waals surface area contributed by atoms with Crippen LogP contribution in [0.25, 0.3) is 0 Å². The Morgan fingerprint density at radius 3 is 2.56 bits per heavy atom. The summed E-state index contributed by atoms with van der Waals surface area (Å²) in [5, 5.41) is 0. The minimum absolute atomic E-state index is 0.0850. The monoisotopic (exact) mass is 458 g/mol. The number of likely N-dealkylation sites (tertiary alicyclic amines) is 1. The van der Waals surface area contributed by atoms with Crippen molar-refractivity contribution in [3.05, 3.63) is 53.6 Å². The molecular formula is C24H30N2O5S. The van der Waals surface area contributed by atoms with Crippen molar-refractivity contribution < 1.29 is 22.7 Å². The molecular weight excluding hydrogens is 428 g/mol. The molecule has 1 atom stereocenters. The van der Waals surface area contributed by atoms with Crippen LogP contribution in [0, 0.1) is 0 Å². The lowest BCUT2D eigenvalue weighted by molar-refractivity contribution is 0.0735. The molecule has 0 bridgehead atoms. The van der Waals surface area contributed by atoms with E-state index in [1.165, 1.54) is 16.4 Å². The Morgan fingerprint density at radius 2 is 1.81 bits per heavy atom. The number of carbonyl (C=O) groups excluding carboxylic acids is 1. The fraction of sp³-hybridized carbons (Fsp3) is 0.458. The summed E-state index contributed by atoms with van der Waals surface area (Å²) in [7, 11) is -2.11. The van der Waals surface area contributed by atoms with E-state index in [4.69, 9.17) is 9.47 Å². The van der Waals surface area contributed by atoms with Gasteiger partial charge in [0.15, 0.2) is 11.5 Å². The van der Waals surface area contributed by atoms with Crippen LogP contribution < -0.4 is 9.47 Å². The van der Waals surface area contributed by atoms with Crippen molar-refractivity contribution >= 4 is 15.9 Å². The summed E-state index contributed by atoms with van der Waals surface area (Å²) in [6, 6.07) is 11.9. The largest absolute Gasteiger partial charge is 0.490 e. The molecule has 32 heavy (non-hydrogen) atoms. The Bertz CT molecular complexity index is 1100. The first-order valence-corrected chi connectivity index (χ1v) is 12.5. The van der Waals surface area contributed by atoms with E-state index in [9.17, 15) is 13.2 Å². The lowest BCUT2D eigenvalue weighted by Gasteiger charge is -2.26. The summed E-state index contributed by atoms with van der Waals surface area (Å²) in [5.74, 6) is 1.28. The normalized spacial score (nSPS) is 18.8. The summed E-state index contributed by atoms with van der Waals surface area (Å²) < 4.78 is 38.7. The molecule has 0 saturated carbocycles. The standard InChI is InChI=1S/C24H30N2O5S/c1-17(2)25(3)32(28,29)20-8-4-7-19(15-20)24(27)26-12-5-9-21(26)18-10-11-22-23(16-18)31-14-6-13-30-22/h4,7-8,10-11,15-17,21H,5-6,9,12-14H2,1-3H3/t21-/m1/s1. The number of rotatable bonds is 5. The van der Waals surface area contributed by atoms with Crippen molar-refractivity contribution in [3.63, 3.8) is 0 Å². The van der Waals surface area contributed by atoms with Gasteiger partial charge in [0.25, 0.3) is 5.91 Å². The van der Waals surface area contributed by atoms with Crippen LogP contribution in [-0.4, -0.2) is 56.4 Å². The maximum Gasteiger partial charge on any atom is 0.254 e. The zero-order chi connectivity index (χ0) is 22.9. The van der Waals surface area contributed by atoms with Gasteiger partial charge in [0.1, 0.15) is 0 Å². The van der Waals surface area contributed by atoms with Crippen molar-refractivity contribution in [2.45, 2.75) is 50.1 Å². The Hall–Kier alpha value is -2.58. The van der Waals surface area contributed by atoms with Crippen molar-refractivity contribution in [3.8, 4) is 11.5 Å². The molecule has 2 aliphatic rings. The second kappa shape index (κ2) is 9.11. The Kier molecular flexibility index (Phi) is 6.44. The van der Waals surface area contributed by atoms with Crippen LogP contribution in [-0.2, 0) is 10.0 Å². The van der Waals surface area contributed by atoms with Crippen LogP contribution >= 0.6 is 0 Å². The average molecular weight is 459 g/mol. The van der Waals surface area contributed by atoms with Gasteiger partial charge < -0.3 is 14.4 Å². The van der Waals surface area contributed by atoms with Gasteiger partial charge in [-0.05, 0) is 62.6 Å². The molecule has 2 heterocycles. The highest BCUT2D eigenvalue weighted by Crippen LogP contribution is 2.38. The van der Waals surface area contributed by atoms with Gasteiger partial charge >= 0.3 is 0 Å². The fourth-order valence-electron chi connectivity index (χ4n) is 4.14. The molecule has 0 N–H and O–H groups in total. The highest BCUT2D eigenvalue weighted by Gasteiger charge is 2.32. The maximum absolute atomic E-state index is 13.4. The summed E-state index contributed by atoms with van der Waals surface area (Å²) in [5.41, 5.74) is 1.38. The molecule has 2 aromatic rings. The van der Waals surface area contributed by atoms with Crippen LogP contribution in [0.2, 0.25) is 0 Å². The molecule has 0 aromatic heterocycles. The Morgan fingerprint density at radius 1 is 1.06 bits per heavy atom. The van der Waals surface area contributed by atoms with Crippen molar-refractivity contribution in [2.75, 3.05) is 26.8 Å². The molecule has 1 saturated heterocycles. The van der Waals surface area contributed by atoms with Gasteiger partial charge in [0, 0.05) is 31.6 Å². The molecule has 2 aliphatic heterocycles. The summed E-state index contributed by atoms with van der Waals surface area (Å²) in [4.78, 5) is 15.4. The van der Waals surface area contributed by atoms with Gasteiger partial charge in [-0.15, -0.1) is 0 Å². The van der Waals surface area contributed by atoms with Gasteiger partial charge in [-0.3, -0.25) is 4.79 Å². The number of sulfonamides is 1. The van der Waals surface area contributed by atoms with Gasteiger partial charge in [-0.25, -0.2) is 8.42 Å². The lowest BCUT2D eigenvalue weighted by atomic mass is 10.0. The molecule has 0 aliphatic carbocycles. The van der Waals surface area contributed by atoms with E-state index in [-0.39, 0.29) is 22.9 Å². The van der Waals surface area contributed by atoms with Gasteiger partial charge in [-0.2, -0.15) is 4.31 Å². The number of benzene rings is 2. The van der Waals surface area contributed by atoms with E-state index in [0.717, 1.165) is 30.6 Å². The van der Waals surface area contributed by atoms with Crippen LogP contribution in [0.15, 0.2) is 47.4 Å². The molecule has 172 valence electrons. The van der Waals surface area contributed by atoms with Crippen LogP contribution in [0.3, 0.4) is 0 Å². The number of fused-ring (bicyclic) bond motifs is 1. The lowest BCUT2D eigenvalue weighted by Crippen LogP contribution is -2.33. The van der Waals surface area contributed by atoms with Crippen LogP contribution in [0.1, 0.15) is 55.1 Å². The Labute approximate surface area is 190 Å². The zero-order valence-corrected chi connectivity index (χ0v) is 19.6. The summed E-state index contributed by atoms with van der Waals surface area (Å²) in [6.07, 6.45) is 2.57. The van der Waals surface area contributed by atoms with Gasteiger partial charge in [-0.1, -0.05) is 12.1 Å². The molecule has 8 heteroatoms. The van der Waals surface area contributed by atoms with E-state index in [1.54, 1.807) is 19.2 Å². The molecule has 7 nitrogen and oxygen atoms in total. The third-order valence-corrected chi connectivity index (χ3v) is 8.18. The molecule has 1 amide bonds. The summed E-state index contributed by atoms with van der Waals surface area (Å²) in [6.45, 7) is 5.50. The first-order valence-electron chi connectivity index (χ1n) is 11.1. The topological polar surface area (TPSA) is 76.2 Å². The van der Waals surface area contributed by atoms with E-state index >= 15 is 0 Å². The average Bonchev–Trinajstić information content (AvgIpc) is 3.16. The van der Waals surface area contributed by atoms with Crippen molar-refractivity contribution in [1.29, 1.82) is 0 Å². The quantitative estimate of drug-likeness (QED) is 0.680. The molecule has 0 unspecified atom stereocenters. The van der Waals surface area contributed by atoms with Crippen molar-refractivity contribution in [2.24, 2.45) is 0 Å². The van der Waals surface area contributed by atoms with Gasteiger partial charge in [0.2, 0.25) is 10.0 Å². The predicted molar refractivity (Wildman–Crippen MR) is 122 cm³/mol. The molecule has 1 fully saturated rings.